The van der Waals surface area contributed by atoms with Gasteiger partial charge in [-0.3, -0.25) is 9.48 Å². The second-order valence-electron chi connectivity index (χ2n) is 3.84. The Balaban J connectivity index is 2.12. The van der Waals surface area contributed by atoms with E-state index in [1.165, 1.54) is 22.7 Å². The number of nitrogens with two attached hydrogens (primary N) is 1. The van der Waals surface area contributed by atoms with Gasteiger partial charge in [-0.05, 0) is 18.2 Å². The number of benzene rings is 1. The van der Waals surface area contributed by atoms with E-state index in [0.717, 1.165) is 0 Å². The number of halogens is 1. The van der Waals surface area contributed by atoms with E-state index in [2.05, 4.69) is 5.10 Å². The molecule has 0 aliphatic carbocycles. The molecular weight excluding hydrogens is 235 g/mol. The fraction of sp³-hybridized carbons (Fsp3) is 0.167. The Morgan fingerprint density at radius 1 is 1.44 bits per heavy atom. The first-order valence-corrected chi connectivity index (χ1v) is 5.38. The van der Waals surface area contributed by atoms with Crippen LogP contribution in [0.2, 0.25) is 0 Å². The van der Waals surface area contributed by atoms with Crippen molar-refractivity contribution in [2.45, 2.75) is 6.54 Å². The van der Waals surface area contributed by atoms with E-state index < -0.39 is 5.82 Å². The summed E-state index contributed by atoms with van der Waals surface area (Å²) in [6.07, 6.45) is 1.60. The summed E-state index contributed by atoms with van der Waals surface area (Å²) in [6.45, 7) is 0.0159. The molecule has 0 atom stereocenters. The quantitative estimate of drug-likeness (QED) is 0.889. The minimum absolute atomic E-state index is 0.0159. The monoisotopic (exact) mass is 248 g/mol. The third kappa shape index (κ3) is 2.48. The molecule has 0 fully saturated rings. The van der Waals surface area contributed by atoms with E-state index in [4.69, 9.17) is 5.73 Å². The van der Waals surface area contributed by atoms with Crippen LogP contribution in [0, 0.1) is 5.82 Å². The Morgan fingerprint density at radius 3 is 2.78 bits per heavy atom. The van der Waals surface area contributed by atoms with E-state index in [1.807, 2.05) is 0 Å². The predicted molar refractivity (Wildman–Crippen MR) is 66.4 cm³/mol. The number of rotatable bonds is 3. The lowest BCUT2D eigenvalue weighted by molar-refractivity contribution is -0.119. The number of nitrogen functional groups attached to an aromatic ring is 1. The third-order valence-corrected chi connectivity index (χ3v) is 2.55. The highest BCUT2D eigenvalue weighted by Gasteiger charge is 2.14. The molecule has 1 aromatic heterocycles. The van der Waals surface area contributed by atoms with E-state index >= 15 is 0 Å². The van der Waals surface area contributed by atoms with E-state index in [-0.39, 0.29) is 18.1 Å². The Labute approximate surface area is 104 Å². The second kappa shape index (κ2) is 4.87. The van der Waals surface area contributed by atoms with Crippen LogP contribution in [0.5, 0.6) is 0 Å². The van der Waals surface area contributed by atoms with E-state index in [9.17, 15) is 9.18 Å². The summed E-state index contributed by atoms with van der Waals surface area (Å²) in [5.41, 5.74) is 5.69. The first-order chi connectivity index (χ1) is 8.58. The summed E-state index contributed by atoms with van der Waals surface area (Å²) in [6, 6.07) is 7.70. The van der Waals surface area contributed by atoms with Gasteiger partial charge in [0.15, 0.2) is 0 Å². The number of carbonyl (C=O) groups excluding carboxylic acids is 1. The average molecular weight is 248 g/mol. The number of carbonyl (C=O) groups is 1. The molecule has 0 aliphatic rings. The molecule has 1 aromatic carbocycles. The van der Waals surface area contributed by atoms with E-state index in [0.29, 0.717) is 5.82 Å². The maximum Gasteiger partial charge on any atom is 0.248 e. The first kappa shape index (κ1) is 12.1. The molecule has 94 valence electrons. The van der Waals surface area contributed by atoms with Crippen LogP contribution < -0.4 is 10.6 Å². The maximum atomic E-state index is 13.5. The molecule has 0 aliphatic heterocycles. The van der Waals surface area contributed by atoms with E-state index in [1.54, 1.807) is 30.5 Å². The average Bonchev–Trinajstić information content (AvgIpc) is 2.74. The van der Waals surface area contributed by atoms with Gasteiger partial charge >= 0.3 is 0 Å². The molecule has 1 heterocycles. The van der Waals surface area contributed by atoms with Gasteiger partial charge in [-0.2, -0.15) is 5.10 Å². The molecule has 0 radical (unpaired) electrons. The van der Waals surface area contributed by atoms with Crippen LogP contribution in [0.4, 0.5) is 15.9 Å². The topological polar surface area (TPSA) is 64.2 Å². The zero-order valence-corrected chi connectivity index (χ0v) is 9.88. The molecule has 18 heavy (non-hydrogen) atoms. The van der Waals surface area contributed by atoms with Crippen LogP contribution in [0.1, 0.15) is 0 Å². The smallest absolute Gasteiger partial charge is 0.248 e. The summed E-state index contributed by atoms with van der Waals surface area (Å²) in [5, 5.41) is 3.90. The van der Waals surface area contributed by atoms with Crippen molar-refractivity contribution in [2.24, 2.45) is 0 Å². The summed E-state index contributed by atoms with van der Waals surface area (Å²) in [7, 11) is 1.52. The van der Waals surface area contributed by atoms with Crippen molar-refractivity contribution in [1.29, 1.82) is 0 Å². The third-order valence-electron chi connectivity index (χ3n) is 2.55. The van der Waals surface area contributed by atoms with Crippen molar-refractivity contribution < 1.29 is 9.18 Å². The van der Waals surface area contributed by atoms with Crippen LogP contribution >= 0.6 is 0 Å². The van der Waals surface area contributed by atoms with Gasteiger partial charge in [-0.15, -0.1) is 0 Å². The molecule has 6 heteroatoms. The molecule has 0 bridgehead atoms. The number of hydrogen-bond acceptors (Lipinski definition) is 3. The Hall–Kier alpha value is -2.37. The molecule has 0 saturated carbocycles. The van der Waals surface area contributed by atoms with Crippen molar-refractivity contribution in [3.8, 4) is 0 Å². The molecule has 2 rings (SSSR count). The predicted octanol–water partition coefficient (Wildman–Crippen LogP) is 1.27. The molecule has 0 spiro atoms. The van der Waals surface area contributed by atoms with Crippen LogP contribution in [-0.4, -0.2) is 22.7 Å². The minimum atomic E-state index is -0.437. The van der Waals surface area contributed by atoms with Crippen LogP contribution in [-0.2, 0) is 11.3 Å². The Kier molecular flexibility index (Phi) is 3.27. The lowest BCUT2D eigenvalue weighted by Crippen LogP contribution is -2.30. The molecule has 0 unspecified atom stereocenters. The van der Waals surface area contributed by atoms with Gasteiger partial charge in [-0.25, -0.2) is 4.39 Å². The highest BCUT2D eigenvalue weighted by molar-refractivity contribution is 5.92. The number of para-hydroxylation sites is 1. The van der Waals surface area contributed by atoms with Crippen molar-refractivity contribution in [2.75, 3.05) is 17.7 Å². The molecule has 2 N–H and O–H groups in total. The number of hydrogen-bond donors (Lipinski definition) is 1. The fourth-order valence-electron chi connectivity index (χ4n) is 1.57. The first-order valence-electron chi connectivity index (χ1n) is 5.38. The van der Waals surface area contributed by atoms with Gasteiger partial charge in [0.1, 0.15) is 18.2 Å². The summed E-state index contributed by atoms with van der Waals surface area (Å²) in [5.74, 6) is -0.368. The van der Waals surface area contributed by atoms with Gasteiger partial charge in [0.2, 0.25) is 5.91 Å². The number of likely N-dealkylation sites (N-methyl/N-ethyl adjacent to an activating group) is 1. The van der Waals surface area contributed by atoms with Gasteiger partial charge in [0, 0.05) is 13.2 Å². The fourth-order valence-corrected chi connectivity index (χ4v) is 1.57. The number of anilines is 2. The lowest BCUT2D eigenvalue weighted by atomic mass is 10.3. The van der Waals surface area contributed by atoms with Gasteiger partial charge in [0.05, 0.1) is 5.69 Å². The number of amides is 1. The molecule has 1 amide bonds. The van der Waals surface area contributed by atoms with Crippen LogP contribution in [0.3, 0.4) is 0 Å². The van der Waals surface area contributed by atoms with Crippen molar-refractivity contribution in [3.05, 3.63) is 42.3 Å². The van der Waals surface area contributed by atoms with Gasteiger partial charge in [-0.1, -0.05) is 12.1 Å². The molecular formula is C12H13FN4O. The zero-order chi connectivity index (χ0) is 13.1. The Bertz CT molecular complexity index is 567. The summed E-state index contributed by atoms with van der Waals surface area (Å²) >= 11 is 0. The normalized spacial score (nSPS) is 10.3. The molecule has 0 saturated heterocycles. The maximum absolute atomic E-state index is 13.5. The van der Waals surface area contributed by atoms with Crippen LogP contribution in [0.15, 0.2) is 36.5 Å². The highest BCUT2D eigenvalue weighted by Crippen LogP contribution is 2.17. The van der Waals surface area contributed by atoms with Gasteiger partial charge < -0.3 is 10.6 Å². The minimum Gasteiger partial charge on any atom is -0.382 e. The highest BCUT2D eigenvalue weighted by atomic mass is 19.1. The standard InChI is InChI=1S/C12H13FN4O/c1-16(10-5-3-2-4-9(10)13)12(18)8-17-7-6-11(14)15-17/h2-7H,8H2,1H3,(H2,14,15). The summed E-state index contributed by atoms with van der Waals surface area (Å²) in [4.78, 5) is 13.2. The van der Waals surface area contributed by atoms with Gasteiger partial charge in [0.25, 0.3) is 0 Å². The summed E-state index contributed by atoms with van der Waals surface area (Å²) < 4.78 is 14.9. The van der Waals surface area contributed by atoms with Crippen molar-refractivity contribution in [3.63, 3.8) is 0 Å². The lowest BCUT2D eigenvalue weighted by Gasteiger charge is -2.17. The van der Waals surface area contributed by atoms with Crippen molar-refractivity contribution >= 4 is 17.4 Å². The largest absolute Gasteiger partial charge is 0.382 e. The van der Waals surface area contributed by atoms with Crippen LogP contribution in [0.25, 0.3) is 0 Å². The zero-order valence-electron chi connectivity index (χ0n) is 9.88. The van der Waals surface area contributed by atoms with Crippen molar-refractivity contribution in [1.82, 2.24) is 9.78 Å². The SMILES string of the molecule is CN(C(=O)Cn1ccc(N)n1)c1ccccc1F. The molecule has 2 aromatic rings. The number of nitrogens with zero attached hydrogens (tertiary/aromatic N) is 3. The Morgan fingerprint density at radius 2 is 2.17 bits per heavy atom. The number of aromatic nitrogens is 2. The molecule has 5 nitrogen and oxygen atoms in total. The second-order valence-corrected chi connectivity index (χ2v) is 3.84.